The van der Waals surface area contributed by atoms with Gasteiger partial charge in [-0.25, -0.2) is 4.79 Å². The van der Waals surface area contributed by atoms with Crippen LogP contribution in [0.2, 0.25) is 0 Å². The molecule has 4 unspecified atom stereocenters. The first kappa shape index (κ1) is 14.7. The summed E-state index contributed by atoms with van der Waals surface area (Å²) in [4.78, 5) is 28.0. The molecule has 2 amide bonds. The Labute approximate surface area is 126 Å². The van der Waals surface area contributed by atoms with Gasteiger partial charge < -0.3 is 14.9 Å². The smallest absolute Gasteiger partial charge is 0.320 e. The Kier molecular flexibility index (Phi) is 4.09. The van der Waals surface area contributed by atoms with Crippen molar-refractivity contribution in [3.63, 3.8) is 0 Å². The third-order valence-corrected chi connectivity index (χ3v) is 5.81. The second-order valence-electron chi connectivity index (χ2n) is 6.90. The minimum absolute atomic E-state index is 0.0860. The Bertz CT molecular complexity index is 424. The van der Waals surface area contributed by atoms with Crippen LogP contribution in [0.4, 0.5) is 4.79 Å². The highest BCUT2D eigenvalue weighted by atomic mass is 16.4. The Balaban J connectivity index is 1.71. The van der Waals surface area contributed by atoms with Crippen molar-refractivity contribution in [2.45, 2.75) is 64.0 Å². The molecule has 0 aromatic rings. The molecule has 118 valence electrons. The van der Waals surface area contributed by atoms with Crippen LogP contribution in [0, 0.1) is 11.8 Å². The average Bonchev–Trinajstić information content (AvgIpc) is 2.88. The van der Waals surface area contributed by atoms with E-state index in [0.717, 1.165) is 19.4 Å². The Morgan fingerprint density at radius 2 is 1.67 bits per heavy atom. The third kappa shape index (κ3) is 2.62. The zero-order valence-electron chi connectivity index (χ0n) is 12.8. The minimum Gasteiger partial charge on any atom is -0.481 e. The van der Waals surface area contributed by atoms with E-state index in [1.54, 1.807) is 4.90 Å². The third-order valence-electron chi connectivity index (χ3n) is 5.81. The molecule has 0 spiro atoms. The number of likely N-dealkylation sites (tertiary alicyclic amines) is 2. The number of carbonyl (C=O) groups excluding carboxylic acids is 1. The molecule has 1 aliphatic carbocycles. The van der Waals surface area contributed by atoms with Crippen LogP contribution in [-0.2, 0) is 4.79 Å². The van der Waals surface area contributed by atoms with Gasteiger partial charge in [0.2, 0.25) is 0 Å². The highest BCUT2D eigenvalue weighted by molar-refractivity contribution is 5.78. The lowest BCUT2D eigenvalue weighted by Crippen LogP contribution is -2.55. The quantitative estimate of drug-likeness (QED) is 0.808. The molecule has 2 aliphatic heterocycles. The van der Waals surface area contributed by atoms with Gasteiger partial charge in [0, 0.05) is 25.2 Å². The summed E-state index contributed by atoms with van der Waals surface area (Å²) in [5, 5.41) is 9.23. The fourth-order valence-electron chi connectivity index (χ4n) is 4.57. The summed E-state index contributed by atoms with van der Waals surface area (Å²) < 4.78 is 0. The van der Waals surface area contributed by atoms with Crippen LogP contribution in [0.15, 0.2) is 0 Å². The molecule has 3 aliphatic rings. The summed E-state index contributed by atoms with van der Waals surface area (Å²) >= 11 is 0. The fourth-order valence-corrected chi connectivity index (χ4v) is 4.57. The van der Waals surface area contributed by atoms with Crippen molar-refractivity contribution in [2.75, 3.05) is 13.1 Å². The Morgan fingerprint density at radius 3 is 2.38 bits per heavy atom. The molecule has 3 rings (SSSR count). The molecular formula is C16H26N2O3. The lowest BCUT2D eigenvalue weighted by Gasteiger charge is -2.45. The SMILES string of the molecule is CC1C(C(=O)O)CCN1C(=O)N1CCCC2CCCCC21. The number of nitrogens with zero attached hydrogens (tertiary/aromatic N) is 2. The highest BCUT2D eigenvalue weighted by Crippen LogP contribution is 2.36. The van der Waals surface area contributed by atoms with Crippen LogP contribution < -0.4 is 0 Å². The number of urea groups is 1. The first-order chi connectivity index (χ1) is 10.1. The van der Waals surface area contributed by atoms with Crippen LogP contribution in [0.25, 0.3) is 0 Å². The predicted molar refractivity (Wildman–Crippen MR) is 79.0 cm³/mol. The molecule has 5 nitrogen and oxygen atoms in total. The number of hydrogen-bond donors (Lipinski definition) is 1. The average molecular weight is 294 g/mol. The number of fused-ring (bicyclic) bond motifs is 1. The van der Waals surface area contributed by atoms with E-state index in [4.69, 9.17) is 0 Å². The van der Waals surface area contributed by atoms with Crippen molar-refractivity contribution in [1.82, 2.24) is 9.80 Å². The number of rotatable bonds is 1. The monoisotopic (exact) mass is 294 g/mol. The zero-order valence-corrected chi connectivity index (χ0v) is 12.8. The molecule has 0 aromatic carbocycles. The maximum absolute atomic E-state index is 12.9. The number of aliphatic carboxylic acids is 1. The van der Waals surface area contributed by atoms with Crippen LogP contribution >= 0.6 is 0 Å². The lowest BCUT2D eigenvalue weighted by atomic mass is 9.78. The molecule has 21 heavy (non-hydrogen) atoms. The number of hydrogen-bond acceptors (Lipinski definition) is 2. The van der Waals surface area contributed by atoms with E-state index in [0.29, 0.717) is 24.9 Å². The molecule has 0 aromatic heterocycles. The van der Waals surface area contributed by atoms with Crippen LogP contribution in [-0.4, -0.2) is 52.1 Å². The Hall–Kier alpha value is -1.26. The van der Waals surface area contributed by atoms with E-state index < -0.39 is 11.9 Å². The van der Waals surface area contributed by atoms with Gasteiger partial charge in [0.25, 0.3) is 0 Å². The van der Waals surface area contributed by atoms with E-state index in [1.165, 1.54) is 25.7 Å². The second kappa shape index (κ2) is 5.85. The van der Waals surface area contributed by atoms with Crippen LogP contribution in [0.3, 0.4) is 0 Å². The summed E-state index contributed by atoms with van der Waals surface area (Å²) in [6.07, 6.45) is 7.83. The van der Waals surface area contributed by atoms with Gasteiger partial charge in [0.05, 0.1) is 5.92 Å². The highest BCUT2D eigenvalue weighted by Gasteiger charge is 2.43. The molecule has 5 heteroatoms. The van der Waals surface area contributed by atoms with Crippen molar-refractivity contribution in [1.29, 1.82) is 0 Å². The summed E-state index contributed by atoms with van der Waals surface area (Å²) in [6, 6.07) is 0.304. The van der Waals surface area contributed by atoms with E-state index >= 15 is 0 Å². The molecule has 2 heterocycles. The van der Waals surface area contributed by atoms with Crippen molar-refractivity contribution in [2.24, 2.45) is 11.8 Å². The predicted octanol–water partition coefficient (Wildman–Crippen LogP) is 2.56. The second-order valence-corrected chi connectivity index (χ2v) is 6.90. The van der Waals surface area contributed by atoms with Crippen molar-refractivity contribution < 1.29 is 14.7 Å². The lowest BCUT2D eigenvalue weighted by molar-refractivity contribution is -0.142. The molecular weight excluding hydrogens is 268 g/mol. The van der Waals surface area contributed by atoms with Gasteiger partial charge in [-0.2, -0.15) is 0 Å². The molecule has 0 bridgehead atoms. The molecule has 0 radical (unpaired) electrons. The molecule has 2 saturated heterocycles. The van der Waals surface area contributed by atoms with Gasteiger partial charge in [-0.15, -0.1) is 0 Å². The summed E-state index contributed by atoms with van der Waals surface area (Å²) in [5.74, 6) is -0.502. The zero-order chi connectivity index (χ0) is 15.0. The van der Waals surface area contributed by atoms with Gasteiger partial charge in [0.1, 0.15) is 0 Å². The molecule has 3 fully saturated rings. The van der Waals surface area contributed by atoms with E-state index in [9.17, 15) is 14.7 Å². The molecule has 1 saturated carbocycles. The van der Waals surface area contributed by atoms with E-state index in [-0.39, 0.29) is 12.1 Å². The molecule has 1 N–H and O–H groups in total. The van der Waals surface area contributed by atoms with Gasteiger partial charge in [-0.05, 0) is 44.9 Å². The van der Waals surface area contributed by atoms with Crippen LogP contribution in [0.5, 0.6) is 0 Å². The van der Waals surface area contributed by atoms with Gasteiger partial charge in [0.15, 0.2) is 0 Å². The number of amides is 2. The van der Waals surface area contributed by atoms with Crippen molar-refractivity contribution >= 4 is 12.0 Å². The normalized spacial score (nSPS) is 36.4. The minimum atomic E-state index is -0.771. The van der Waals surface area contributed by atoms with Gasteiger partial charge in [-0.3, -0.25) is 4.79 Å². The topological polar surface area (TPSA) is 60.9 Å². The van der Waals surface area contributed by atoms with Crippen molar-refractivity contribution in [3.05, 3.63) is 0 Å². The first-order valence-corrected chi connectivity index (χ1v) is 8.39. The maximum Gasteiger partial charge on any atom is 0.320 e. The molecule has 4 atom stereocenters. The first-order valence-electron chi connectivity index (χ1n) is 8.39. The largest absolute Gasteiger partial charge is 0.481 e. The van der Waals surface area contributed by atoms with Crippen molar-refractivity contribution in [3.8, 4) is 0 Å². The fraction of sp³-hybridized carbons (Fsp3) is 0.875. The summed E-state index contributed by atoms with van der Waals surface area (Å²) in [7, 11) is 0. The number of carboxylic acid groups (broad SMARTS) is 1. The standard InChI is InChI=1S/C16H26N2O3/c1-11-13(15(19)20)8-10-17(11)16(21)18-9-4-6-12-5-2-3-7-14(12)18/h11-14H,2-10H2,1H3,(H,19,20). The number of piperidine rings is 1. The van der Waals surface area contributed by atoms with Crippen LogP contribution in [0.1, 0.15) is 51.9 Å². The Morgan fingerprint density at radius 1 is 0.952 bits per heavy atom. The number of carboxylic acids is 1. The van der Waals surface area contributed by atoms with E-state index in [2.05, 4.69) is 4.90 Å². The number of carbonyl (C=O) groups is 2. The summed E-state index contributed by atoms with van der Waals surface area (Å²) in [6.45, 7) is 3.32. The van der Waals surface area contributed by atoms with Gasteiger partial charge >= 0.3 is 12.0 Å². The summed E-state index contributed by atoms with van der Waals surface area (Å²) in [5.41, 5.74) is 0. The van der Waals surface area contributed by atoms with E-state index in [1.807, 2.05) is 6.92 Å². The van der Waals surface area contributed by atoms with Gasteiger partial charge in [-0.1, -0.05) is 12.8 Å². The maximum atomic E-state index is 12.9.